The first-order valence-corrected chi connectivity index (χ1v) is 6.06. The second-order valence-electron chi connectivity index (χ2n) is 4.47. The van der Waals surface area contributed by atoms with Crippen LogP contribution in [0.25, 0.3) is 0 Å². The lowest BCUT2D eigenvalue weighted by Crippen LogP contribution is -2.17. The van der Waals surface area contributed by atoms with E-state index in [2.05, 4.69) is 6.58 Å². The molecule has 2 rings (SSSR count). The number of hydrogen-bond donors (Lipinski definition) is 1. The minimum atomic E-state index is -0.309. The summed E-state index contributed by atoms with van der Waals surface area (Å²) >= 11 is 0. The van der Waals surface area contributed by atoms with Crippen LogP contribution in [0, 0.1) is 0 Å². The Balaban J connectivity index is 2.06. The first-order chi connectivity index (χ1) is 8.66. The first kappa shape index (κ1) is 12.9. The zero-order valence-corrected chi connectivity index (χ0v) is 10.6. The van der Waals surface area contributed by atoms with Gasteiger partial charge < -0.3 is 19.9 Å². The quantitative estimate of drug-likeness (QED) is 0.658. The summed E-state index contributed by atoms with van der Waals surface area (Å²) in [7, 11) is 0. The SMILES string of the molecule is C=C(C)COc1ccc(C2OCCCO2)cc1N. The molecular formula is C14H19NO3. The first-order valence-electron chi connectivity index (χ1n) is 6.06. The van der Waals surface area contributed by atoms with Gasteiger partial charge in [-0.1, -0.05) is 12.6 Å². The van der Waals surface area contributed by atoms with Crippen molar-refractivity contribution >= 4 is 5.69 Å². The van der Waals surface area contributed by atoms with Crippen LogP contribution in [0.2, 0.25) is 0 Å². The number of anilines is 1. The van der Waals surface area contributed by atoms with Crippen LogP contribution >= 0.6 is 0 Å². The number of ether oxygens (including phenoxy) is 3. The van der Waals surface area contributed by atoms with E-state index in [0.717, 1.165) is 30.8 Å². The van der Waals surface area contributed by atoms with Gasteiger partial charge in [-0.25, -0.2) is 0 Å². The molecule has 4 heteroatoms. The molecule has 98 valence electrons. The predicted octanol–water partition coefficient (Wildman–Crippen LogP) is 2.66. The van der Waals surface area contributed by atoms with E-state index in [-0.39, 0.29) is 6.29 Å². The summed E-state index contributed by atoms with van der Waals surface area (Å²) < 4.78 is 16.6. The Labute approximate surface area is 107 Å². The van der Waals surface area contributed by atoms with Crippen molar-refractivity contribution in [1.29, 1.82) is 0 Å². The molecule has 1 aliphatic rings. The van der Waals surface area contributed by atoms with E-state index in [9.17, 15) is 0 Å². The largest absolute Gasteiger partial charge is 0.487 e. The Morgan fingerprint density at radius 1 is 1.44 bits per heavy atom. The second-order valence-corrected chi connectivity index (χ2v) is 4.47. The van der Waals surface area contributed by atoms with Crippen LogP contribution in [0.5, 0.6) is 5.75 Å². The van der Waals surface area contributed by atoms with Crippen LogP contribution in [0.4, 0.5) is 5.69 Å². The molecule has 0 bridgehead atoms. The van der Waals surface area contributed by atoms with E-state index in [1.165, 1.54) is 0 Å². The highest BCUT2D eigenvalue weighted by atomic mass is 16.7. The molecule has 0 atom stereocenters. The fraction of sp³-hybridized carbons (Fsp3) is 0.429. The number of nitrogens with two attached hydrogens (primary N) is 1. The maximum Gasteiger partial charge on any atom is 0.183 e. The molecular weight excluding hydrogens is 230 g/mol. The molecule has 1 aliphatic heterocycles. The minimum Gasteiger partial charge on any atom is -0.487 e. The topological polar surface area (TPSA) is 53.7 Å². The van der Waals surface area contributed by atoms with Gasteiger partial charge in [0.05, 0.1) is 18.9 Å². The van der Waals surface area contributed by atoms with Crippen LogP contribution < -0.4 is 10.5 Å². The maximum atomic E-state index is 5.95. The highest BCUT2D eigenvalue weighted by Crippen LogP contribution is 2.29. The molecule has 1 aromatic carbocycles. The van der Waals surface area contributed by atoms with Gasteiger partial charge >= 0.3 is 0 Å². The molecule has 1 heterocycles. The summed E-state index contributed by atoms with van der Waals surface area (Å²) in [5, 5.41) is 0. The summed E-state index contributed by atoms with van der Waals surface area (Å²) in [6, 6.07) is 5.60. The lowest BCUT2D eigenvalue weighted by molar-refractivity contribution is -0.183. The fourth-order valence-corrected chi connectivity index (χ4v) is 1.73. The van der Waals surface area contributed by atoms with Crippen LogP contribution in [0.15, 0.2) is 30.4 Å². The average Bonchev–Trinajstić information content (AvgIpc) is 2.38. The van der Waals surface area contributed by atoms with Gasteiger partial charge in [0, 0.05) is 5.56 Å². The monoisotopic (exact) mass is 249 g/mol. The molecule has 1 fully saturated rings. The van der Waals surface area contributed by atoms with Gasteiger partial charge in [-0.2, -0.15) is 0 Å². The molecule has 0 amide bonds. The summed E-state index contributed by atoms with van der Waals surface area (Å²) in [5.74, 6) is 0.664. The van der Waals surface area contributed by atoms with Gasteiger partial charge in [0.25, 0.3) is 0 Å². The van der Waals surface area contributed by atoms with Crippen molar-refractivity contribution in [3.63, 3.8) is 0 Å². The van der Waals surface area contributed by atoms with Crippen molar-refractivity contribution in [2.45, 2.75) is 19.6 Å². The standard InChI is InChI=1S/C14H19NO3/c1-10(2)9-18-13-5-4-11(8-12(13)15)14-16-6-3-7-17-14/h4-5,8,14H,1,3,6-7,9,15H2,2H3. The van der Waals surface area contributed by atoms with E-state index in [0.29, 0.717) is 18.0 Å². The molecule has 0 unspecified atom stereocenters. The number of nitrogen functional groups attached to an aromatic ring is 1. The van der Waals surface area contributed by atoms with Crippen LogP contribution in [-0.4, -0.2) is 19.8 Å². The Morgan fingerprint density at radius 3 is 2.78 bits per heavy atom. The molecule has 2 N–H and O–H groups in total. The lowest BCUT2D eigenvalue weighted by Gasteiger charge is -2.24. The molecule has 1 saturated heterocycles. The van der Waals surface area contributed by atoms with Crippen molar-refractivity contribution in [3.8, 4) is 5.75 Å². The van der Waals surface area contributed by atoms with Crippen molar-refractivity contribution < 1.29 is 14.2 Å². The third kappa shape index (κ3) is 3.24. The molecule has 0 aliphatic carbocycles. The lowest BCUT2D eigenvalue weighted by atomic mass is 10.1. The number of rotatable bonds is 4. The van der Waals surface area contributed by atoms with E-state index in [1.807, 2.05) is 25.1 Å². The van der Waals surface area contributed by atoms with Gasteiger partial charge in [0.2, 0.25) is 0 Å². The predicted molar refractivity (Wildman–Crippen MR) is 70.4 cm³/mol. The van der Waals surface area contributed by atoms with Crippen LogP contribution in [-0.2, 0) is 9.47 Å². The summed E-state index contributed by atoms with van der Waals surface area (Å²) in [6.07, 6.45) is 0.627. The minimum absolute atomic E-state index is 0.309. The second kappa shape index (κ2) is 5.89. The van der Waals surface area contributed by atoms with Gasteiger partial charge in [-0.15, -0.1) is 0 Å². The van der Waals surface area contributed by atoms with Crippen molar-refractivity contribution in [3.05, 3.63) is 35.9 Å². The molecule has 18 heavy (non-hydrogen) atoms. The third-order valence-electron chi connectivity index (χ3n) is 2.61. The van der Waals surface area contributed by atoms with Crippen LogP contribution in [0.3, 0.4) is 0 Å². The van der Waals surface area contributed by atoms with Crippen molar-refractivity contribution in [2.75, 3.05) is 25.6 Å². The highest BCUT2D eigenvalue weighted by molar-refractivity contribution is 5.54. The fourth-order valence-electron chi connectivity index (χ4n) is 1.73. The number of benzene rings is 1. The normalized spacial score (nSPS) is 16.5. The zero-order chi connectivity index (χ0) is 13.0. The molecule has 1 aromatic rings. The van der Waals surface area contributed by atoms with Crippen molar-refractivity contribution in [2.24, 2.45) is 0 Å². The smallest absolute Gasteiger partial charge is 0.183 e. The van der Waals surface area contributed by atoms with Gasteiger partial charge in [-0.3, -0.25) is 0 Å². The van der Waals surface area contributed by atoms with Crippen LogP contribution in [0.1, 0.15) is 25.2 Å². The van der Waals surface area contributed by atoms with Crippen molar-refractivity contribution in [1.82, 2.24) is 0 Å². The molecule has 0 aromatic heterocycles. The molecule has 4 nitrogen and oxygen atoms in total. The Morgan fingerprint density at radius 2 is 2.17 bits per heavy atom. The number of hydrogen-bond acceptors (Lipinski definition) is 4. The van der Waals surface area contributed by atoms with Gasteiger partial charge in [0.15, 0.2) is 6.29 Å². The van der Waals surface area contributed by atoms with E-state index in [1.54, 1.807) is 0 Å². The Bertz CT molecular complexity index is 425. The average molecular weight is 249 g/mol. The highest BCUT2D eigenvalue weighted by Gasteiger charge is 2.17. The van der Waals surface area contributed by atoms with E-state index in [4.69, 9.17) is 19.9 Å². The summed E-state index contributed by atoms with van der Waals surface area (Å²) in [6.45, 7) is 7.61. The van der Waals surface area contributed by atoms with Gasteiger partial charge in [-0.05, 0) is 31.1 Å². The third-order valence-corrected chi connectivity index (χ3v) is 2.61. The van der Waals surface area contributed by atoms with E-state index >= 15 is 0 Å². The summed E-state index contributed by atoms with van der Waals surface area (Å²) in [4.78, 5) is 0. The Kier molecular flexibility index (Phi) is 4.23. The van der Waals surface area contributed by atoms with Gasteiger partial charge in [0.1, 0.15) is 12.4 Å². The Hall–Kier alpha value is -1.52. The molecule has 0 radical (unpaired) electrons. The molecule has 0 spiro atoms. The summed E-state index contributed by atoms with van der Waals surface area (Å²) in [5.41, 5.74) is 8.42. The molecule has 0 saturated carbocycles. The zero-order valence-electron chi connectivity index (χ0n) is 10.6. The van der Waals surface area contributed by atoms with E-state index < -0.39 is 0 Å². The maximum absolute atomic E-state index is 5.95.